The molecule has 100 valence electrons. The summed E-state index contributed by atoms with van der Waals surface area (Å²) in [4.78, 5) is 12.2. The van der Waals surface area contributed by atoms with Crippen LogP contribution in [0.2, 0.25) is 0 Å². The second-order valence-corrected chi connectivity index (χ2v) is 6.23. The molecule has 2 atom stereocenters. The molecule has 1 fully saturated rings. The van der Waals surface area contributed by atoms with E-state index in [9.17, 15) is 9.90 Å². The molecule has 17 heavy (non-hydrogen) atoms. The van der Waals surface area contributed by atoms with Gasteiger partial charge >= 0.3 is 0 Å². The van der Waals surface area contributed by atoms with Gasteiger partial charge in [0.25, 0.3) is 0 Å². The van der Waals surface area contributed by atoms with Crippen molar-refractivity contribution < 1.29 is 9.90 Å². The Hall–Kier alpha value is -0.610. The third-order valence-electron chi connectivity index (χ3n) is 4.12. The Morgan fingerprint density at radius 2 is 1.76 bits per heavy atom. The number of hydrogen-bond acceptors (Lipinski definition) is 3. The largest absolute Gasteiger partial charge is 0.388 e. The molecule has 4 N–H and O–H groups in total. The van der Waals surface area contributed by atoms with E-state index < -0.39 is 11.1 Å². The molecule has 1 amide bonds. The number of aliphatic hydroxyl groups is 1. The first-order chi connectivity index (χ1) is 7.65. The van der Waals surface area contributed by atoms with Gasteiger partial charge in [0, 0.05) is 6.04 Å². The molecule has 0 saturated heterocycles. The highest BCUT2D eigenvalue weighted by molar-refractivity contribution is 5.80. The molecule has 0 aliphatic heterocycles. The molecule has 4 heteroatoms. The van der Waals surface area contributed by atoms with Gasteiger partial charge in [0.05, 0.1) is 17.1 Å². The van der Waals surface area contributed by atoms with Crippen molar-refractivity contribution >= 4 is 5.91 Å². The van der Waals surface area contributed by atoms with Gasteiger partial charge in [-0.1, -0.05) is 12.8 Å². The van der Waals surface area contributed by atoms with Gasteiger partial charge in [0.1, 0.15) is 0 Å². The Kier molecular flexibility index (Phi) is 4.20. The van der Waals surface area contributed by atoms with Crippen molar-refractivity contribution in [1.82, 2.24) is 5.32 Å². The number of nitrogens with two attached hydrogens (primary N) is 1. The van der Waals surface area contributed by atoms with Crippen LogP contribution in [0.4, 0.5) is 0 Å². The number of nitrogens with one attached hydrogen (secondary N) is 1. The van der Waals surface area contributed by atoms with E-state index in [0.29, 0.717) is 0 Å². The monoisotopic (exact) mass is 242 g/mol. The smallest absolute Gasteiger partial charge is 0.225 e. The zero-order chi connectivity index (χ0) is 13.3. The van der Waals surface area contributed by atoms with Crippen LogP contribution in [0.25, 0.3) is 0 Å². The Morgan fingerprint density at radius 3 is 2.24 bits per heavy atom. The van der Waals surface area contributed by atoms with Crippen LogP contribution in [-0.2, 0) is 4.79 Å². The summed E-state index contributed by atoms with van der Waals surface area (Å²) in [5.74, 6) is -0.130. The summed E-state index contributed by atoms with van der Waals surface area (Å²) in [6.45, 7) is 7.07. The summed E-state index contributed by atoms with van der Waals surface area (Å²) in [6.07, 6.45) is 3.95. The Labute approximate surface area is 104 Å². The molecule has 0 spiro atoms. The normalized spacial score (nSPS) is 26.7. The average Bonchev–Trinajstić information content (AvgIpc) is 2.15. The fourth-order valence-corrected chi connectivity index (χ4v) is 2.04. The van der Waals surface area contributed by atoms with E-state index in [-0.39, 0.29) is 17.9 Å². The lowest BCUT2D eigenvalue weighted by Gasteiger charge is -2.40. The van der Waals surface area contributed by atoms with Crippen molar-refractivity contribution in [1.29, 1.82) is 0 Å². The Bertz CT molecular complexity index is 282. The van der Waals surface area contributed by atoms with Gasteiger partial charge in [-0.2, -0.15) is 0 Å². The van der Waals surface area contributed by atoms with Gasteiger partial charge in [-0.3, -0.25) is 4.79 Å². The first-order valence-electron chi connectivity index (χ1n) is 6.45. The minimum absolute atomic E-state index is 0.0238. The lowest BCUT2D eigenvalue weighted by molar-refractivity contribution is -0.131. The van der Waals surface area contributed by atoms with Crippen molar-refractivity contribution in [2.24, 2.45) is 11.7 Å². The van der Waals surface area contributed by atoms with Gasteiger partial charge in [-0.25, -0.2) is 0 Å². The molecule has 0 aromatic carbocycles. The van der Waals surface area contributed by atoms with Crippen molar-refractivity contribution in [2.45, 2.75) is 70.6 Å². The molecular formula is C13H26N2O2. The first-order valence-corrected chi connectivity index (χ1v) is 6.45. The van der Waals surface area contributed by atoms with E-state index >= 15 is 0 Å². The van der Waals surface area contributed by atoms with E-state index in [0.717, 1.165) is 25.7 Å². The predicted octanol–water partition coefficient (Wildman–Crippen LogP) is 1.17. The molecule has 0 aromatic rings. The van der Waals surface area contributed by atoms with E-state index in [4.69, 9.17) is 5.73 Å². The van der Waals surface area contributed by atoms with E-state index in [1.807, 2.05) is 13.8 Å². The summed E-state index contributed by atoms with van der Waals surface area (Å²) in [5, 5.41) is 12.9. The van der Waals surface area contributed by atoms with Crippen molar-refractivity contribution in [2.75, 3.05) is 0 Å². The topological polar surface area (TPSA) is 75.3 Å². The molecule has 0 radical (unpaired) electrons. The summed E-state index contributed by atoms with van der Waals surface area (Å²) in [5.41, 5.74) is 4.38. The maximum Gasteiger partial charge on any atom is 0.225 e. The second-order valence-electron chi connectivity index (χ2n) is 6.23. The van der Waals surface area contributed by atoms with Crippen LogP contribution in [0.15, 0.2) is 0 Å². The number of hydrogen-bond donors (Lipinski definition) is 3. The summed E-state index contributed by atoms with van der Waals surface area (Å²) in [6, 6.07) is -0.0404. The van der Waals surface area contributed by atoms with E-state index in [2.05, 4.69) is 5.32 Å². The van der Waals surface area contributed by atoms with Gasteiger partial charge in [0.15, 0.2) is 0 Å². The molecule has 0 aromatic heterocycles. The quantitative estimate of drug-likeness (QED) is 0.695. The number of rotatable bonds is 3. The SMILES string of the molecule is CC(C)(O)C(C)(C)NC(=O)C1CCCCC1N. The fraction of sp³-hybridized carbons (Fsp3) is 0.923. The van der Waals surface area contributed by atoms with Crippen molar-refractivity contribution in [3.63, 3.8) is 0 Å². The van der Waals surface area contributed by atoms with Crippen molar-refractivity contribution in [3.8, 4) is 0 Å². The number of carbonyl (C=O) groups is 1. The summed E-state index contributed by atoms with van der Waals surface area (Å²) < 4.78 is 0. The lowest BCUT2D eigenvalue weighted by atomic mass is 9.81. The first kappa shape index (κ1) is 14.5. The van der Waals surface area contributed by atoms with Crippen LogP contribution in [0.1, 0.15) is 53.4 Å². The molecule has 2 unspecified atom stereocenters. The van der Waals surface area contributed by atoms with Gasteiger partial charge in [-0.15, -0.1) is 0 Å². The third-order valence-corrected chi connectivity index (χ3v) is 4.12. The summed E-state index contributed by atoms with van der Waals surface area (Å²) >= 11 is 0. The molecule has 1 saturated carbocycles. The lowest BCUT2D eigenvalue weighted by Crippen LogP contribution is -2.60. The van der Waals surface area contributed by atoms with Crippen LogP contribution in [0.3, 0.4) is 0 Å². The van der Waals surface area contributed by atoms with Crippen LogP contribution in [0.5, 0.6) is 0 Å². The van der Waals surface area contributed by atoms with Gasteiger partial charge < -0.3 is 16.2 Å². The average molecular weight is 242 g/mol. The predicted molar refractivity (Wildman–Crippen MR) is 68.5 cm³/mol. The molecule has 4 nitrogen and oxygen atoms in total. The minimum Gasteiger partial charge on any atom is -0.388 e. The highest BCUT2D eigenvalue weighted by Crippen LogP contribution is 2.26. The van der Waals surface area contributed by atoms with Gasteiger partial charge in [-0.05, 0) is 40.5 Å². The zero-order valence-electron chi connectivity index (χ0n) is 11.4. The standard InChI is InChI=1S/C13H26N2O2/c1-12(2,13(3,4)17)15-11(16)9-7-5-6-8-10(9)14/h9-10,17H,5-8,14H2,1-4H3,(H,15,16). The highest BCUT2D eigenvalue weighted by atomic mass is 16.3. The van der Waals surface area contributed by atoms with Crippen LogP contribution in [0, 0.1) is 5.92 Å². The fourth-order valence-electron chi connectivity index (χ4n) is 2.04. The molecule has 1 rings (SSSR count). The maximum absolute atomic E-state index is 12.2. The van der Waals surface area contributed by atoms with Crippen LogP contribution >= 0.6 is 0 Å². The Morgan fingerprint density at radius 1 is 1.24 bits per heavy atom. The number of carbonyl (C=O) groups excluding carboxylic acids is 1. The number of amides is 1. The van der Waals surface area contributed by atoms with Gasteiger partial charge in [0.2, 0.25) is 5.91 Å². The van der Waals surface area contributed by atoms with Crippen LogP contribution < -0.4 is 11.1 Å². The molecule has 0 bridgehead atoms. The third kappa shape index (κ3) is 3.42. The molecular weight excluding hydrogens is 216 g/mol. The van der Waals surface area contributed by atoms with E-state index in [1.165, 1.54) is 0 Å². The highest BCUT2D eigenvalue weighted by Gasteiger charge is 2.39. The maximum atomic E-state index is 12.2. The summed E-state index contributed by atoms with van der Waals surface area (Å²) in [7, 11) is 0. The second kappa shape index (κ2) is 4.94. The Balaban J connectivity index is 2.65. The molecule has 1 aliphatic carbocycles. The van der Waals surface area contributed by atoms with E-state index in [1.54, 1.807) is 13.8 Å². The zero-order valence-corrected chi connectivity index (χ0v) is 11.4. The molecule has 1 aliphatic rings. The minimum atomic E-state index is -0.957. The van der Waals surface area contributed by atoms with Crippen LogP contribution in [-0.4, -0.2) is 28.2 Å². The molecule has 0 heterocycles. The van der Waals surface area contributed by atoms with Crippen molar-refractivity contribution in [3.05, 3.63) is 0 Å².